The fourth-order valence-electron chi connectivity index (χ4n) is 2.03. The molecular formula is C19H16F2O5. The minimum Gasteiger partial charge on any atom is -0.493 e. The fraction of sp³-hybridized carbons (Fsp3) is 0.158. The Morgan fingerprint density at radius 3 is 2.46 bits per heavy atom. The first-order chi connectivity index (χ1) is 12.4. The molecule has 0 aliphatic rings. The molecule has 0 aliphatic heterocycles. The number of alkyl halides is 2. The molecule has 5 nitrogen and oxygen atoms in total. The molecule has 0 spiro atoms. The topological polar surface area (TPSA) is 72.8 Å². The molecule has 0 saturated heterocycles. The van der Waals surface area contributed by atoms with Crippen LogP contribution in [0.25, 0.3) is 6.08 Å². The van der Waals surface area contributed by atoms with E-state index in [2.05, 4.69) is 4.74 Å². The summed E-state index contributed by atoms with van der Waals surface area (Å²) < 4.78 is 33.7. The maximum absolute atomic E-state index is 12.1. The summed E-state index contributed by atoms with van der Waals surface area (Å²) in [5, 5.41) is 8.59. The molecule has 0 fully saturated rings. The number of carboxylic acids is 1. The summed E-state index contributed by atoms with van der Waals surface area (Å²) in [5.74, 6) is -0.775. The maximum atomic E-state index is 12.1. The van der Waals surface area contributed by atoms with E-state index in [1.165, 1.54) is 30.3 Å². The molecule has 7 heteroatoms. The van der Waals surface area contributed by atoms with Crippen molar-refractivity contribution in [2.75, 3.05) is 6.61 Å². The smallest absolute Gasteiger partial charge is 0.387 e. The van der Waals surface area contributed by atoms with E-state index in [9.17, 15) is 18.4 Å². The monoisotopic (exact) mass is 362 g/mol. The minimum atomic E-state index is -2.92. The van der Waals surface area contributed by atoms with E-state index in [4.69, 9.17) is 9.84 Å². The van der Waals surface area contributed by atoms with Crippen LogP contribution in [0.3, 0.4) is 0 Å². The van der Waals surface area contributed by atoms with Crippen LogP contribution >= 0.6 is 0 Å². The van der Waals surface area contributed by atoms with E-state index in [0.29, 0.717) is 16.9 Å². The SMILES string of the molecule is O=C(O)CCOc1cccc(/C=C/C(=O)c2ccc(OC(F)F)cc2)c1. The van der Waals surface area contributed by atoms with E-state index < -0.39 is 12.6 Å². The second kappa shape index (κ2) is 9.31. The highest BCUT2D eigenvalue weighted by Crippen LogP contribution is 2.17. The lowest BCUT2D eigenvalue weighted by Gasteiger charge is -2.05. The molecule has 0 amide bonds. The summed E-state index contributed by atoms with van der Waals surface area (Å²) in [6.45, 7) is -2.87. The van der Waals surface area contributed by atoms with E-state index in [0.717, 1.165) is 0 Å². The quantitative estimate of drug-likeness (QED) is 0.538. The molecule has 2 aromatic rings. The molecule has 0 aromatic heterocycles. The zero-order valence-electron chi connectivity index (χ0n) is 13.6. The Hall–Kier alpha value is -3.22. The molecule has 1 N–H and O–H groups in total. The van der Waals surface area contributed by atoms with Gasteiger partial charge in [-0.2, -0.15) is 8.78 Å². The maximum Gasteiger partial charge on any atom is 0.387 e. The van der Waals surface area contributed by atoms with Gasteiger partial charge in [-0.1, -0.05) is 18.2 Å². The van der Waals surface area contributed by atoms with Crippen LogP contribution < -0.4 is 9.47 Å². The largest absolute Gasteiger partial charge is 0.493 e. The van der Waals surface area contributed by atoms with Crippen molar-refractivity contribution >= 4 is 17.8 Å². The Bertz CT molecular complexity index is 785. The van der Waals surface area contributed by atoms with Gasteiger partial charge in [-0.05, 0) is 48.0 Å². The van der Waals surface area contributed by atoms with Crippen molar-refractivity contribution in [3.63, 3.8) is 0 Å². The third-order valence-electron chi connectivity index (χ3n) is 3.23. The first-order valence-electron chi connectivity index (χ1n) is 7.66. The number of carboxylic acid groups (broad SMARTS) is 1. The second-order valence-corrected chi connectivity index (χ2v) is 5.17. The zero-order valence-corrected chi connectivity index (χ0v) is 13.6. The van der Waals surface area contributed by atoms with Gasteiger partial charge in [0.15, 0.2) is 5.78 Å². The number of ketones is 1. The Labute approximate surface area is 148 Å². The van der Waals surface area contributed by atoms with Crippen LogP contribution in [-0.2, 0) is 4.79 Å². The molecule has 0 atom stereocenters. The van der Waals surface area contributed by atoms with Gasteiger partial charge in [-0.25, -0.2) is 0 Å². The number of hydrogen-bond donors (Lipinski definition) is 1. The first-order valence-corrected chi connectivity index (χ1v) is 7.66. The van der Waals surface area contributed by atoms with Gasteiger partial charge in [0, 0.05) is 5.56 Å². The molecule has 0 bridgehead atoms. The van der Waals surface area contributed by atoms with E-state index in [-0.39, 0.29) is 24.6 Å². The molecule has 2 rings (SSSR count). The Balaban J connectivity index is 1.97. The number of rotatable bonds is 9. The van der Waals surface area contributed by atoms with Crippen LogP contribution in [0.4, 0.5) is 8.78 Å². The molecule has 0 aliphatic carbocycles. The van der Waals surface area contributed by atoms with Crippen LogP contribution in [0, 0.1) is 0 Å². The Morgan fingerprint density at radius 2 is 1.81 bits per heavy atom. The van der Waals surface area contributed by atoms with Gasteiger partial charge in [0.05, 0.1) is 13.0 Å². The van der Waals surface area contributed by atoms with Gasteiger partial charge < -0.3 is 14.6 Å². The number of allylic oxidation sites excluding steroid dienone is 1. The van der Waals surface area contributed by atoms with Gasteiger partial charge in [-0.15, -0.1) is 0 Å². The van der Waals surface area contributed by atoms with E-state index >= 15 is 0 Å². The van der Waals surface area contributed by atoms with Crippen molar-refractivity contribution in [1.82, 2.24) is 0 Å². The molecular weight excluding hydrogens is 346 g/mol. The van der Waals surface area contributed by atoms with Crippen molar-refractivity contribution in [1.29, 1.82) is 0 Å². The Morgan fingerprint density at radius 1 is 1.08 bits per heavy atom. The average molecular weight is 362 g/mol. The van der Waals surface area contributed by atoms with Crippen LogP contribution in [-0.4, -0.2) is 30.1 Å². The number of benzene rings is 2. The third kappa shape index (κ3) is 6.35. The van der Waals surface area contributed by atoms with Gasteiger partial charge in [0.2, 0.25) is 0 Å². The molecule has 0 radical (unpaired) electrons. The van der Waals surface area contributed by atoms with Crippen molar-refractivity contribution in [3.8, 4) is 11.5 Å². The number of carbonyl (C=O) groups excluding carboxylic acids is 1. The summed E-state index contributed by atoms with van der Waals surface area (Å²) in [7, 11) is 0. The van der Waals surface area contributed by atoms with Gasteiger partial charge in [-0.3, -0.25) is 9.59 Å². The predicted octanol–water partition coefficient (Wildman–Crippen LogP) is 4.04. The number of hydrogen-bond acceptors (Lipinski definition) is 4. The molecule has 0 heterocycles. The number of carbonyl (C=O) groups is 2. The summed E-state index contributed by atoms with van der Waals surface area (Å²) >= 11 is 0. The lowest BCUT2D eigenvalue weighted by molar-refractivity contribution is -0.137. The highest BCUT2D eigenvalue weighted by atomic mass is 19.3. The Kier molecular flexibility index (Phi) is 6.84. The van der Waals surface area contributed by atoms with Crippen LogP contribution in [0.5, 0.6) is 11.5 Å². The van der Waals surface area contributed by atoms with Gasteiger partial charge >= 0.3 is 12.6 Å². The fourth-order valence-corrected chi connectivity index (χ4v) is 2.03. The molecule has 136 valence electrons. The average Bonchev–Trinajstić information content (AvgIpc) is 2.60. The summed E-state index contributed by atoms with van der Waals surface area (Å²) in [5.41, 5.74) is 1.03. The van der Waals surface area contributed by atoms with Crippen LogP contribution in [0.2, 0.25) is 0 Å². The lowest BCUT2D eigenvalue weighted by atomic mass is 10.1. The van der Waals surface area contributed by atoms with Crippen molar-refractivity contribution in [2.45, 2.75) is 13.0 Å². The second-order valence-electron chi connectivity index (χ2n) is 5.17. The first kappa shape index (κ1) is 19.1. The molecule has 0 unspecified atom stereocenters. The van der Waals surface area contributed by atoms with Crippen LogP contribution in [0.1, 0.15) is 22.3 Å². The molecule has 26 heavy (non-hydrogen) atoms. The standard InChI is InChI=1S/C19H16F2O5/c20-19(21)26-15-7-5-14(6-8-15)17(22)9-4-13-2-1-3-16(12-13)25-11-10-18(23)24/h1-9,12,19H,10-11H2,(H,23,24)/b9-4+. The van der Waals surface area contributed by atoms with E-state index in [1.807, 2.05) is 0 Å². The van der Waals surface area contributed by atoms with Gasteiger partial charge in [0.25, 0.3) is 0 Å². The zero-order chi connectivity index (χ0) is 18.9. The number of halogens is 2. The summed E-state index contributed by atoms with van der Waals surface area (Å²) in [6, 6.07) is 12.2. The van der Waals surface area contributed by atoms with Crippen molar-refractivity contribution in [2.24, 2.45) is 0 Å². The minimum absolute atomic E-state index is 0.0215. The molecule has 0 saturated carbocycles. The lowest BCUT2D eigenvalue weighted by Crippen LogP contribution is -2.04. The summed E-state index contributed by atoms with van der Waals surface area (Å²) in [4.78, 5) is 22.6. The van der Waals surface area contributed by atoms with E-state index in [1.54, 1.807) is 30.3 Å². The number of aliphatic carboxylic acids is 1. The van der Waals surface area contributed by atoms with Crippen molar-refractivity contribution < 1.29 is 33.0 Å². The molecule has 2 aromatic carbocycles. The number of ether oxygens (including phenoxy) is 2. The highest BCUT2D eigenvalue weighted by Gasteiger charge is 2.06. The van der Waals surface area contributed by atoms with Gasteiger partial charge in [0.1, 0.15) is 11.5 Å². The predicted molar refractivity (Wildman–Crippen MR) is 90.6 cm³/mol. The highest BCUT2D eigenvalue weighted by molar-refractivity contribution is 6.06. The van der Waals surface area contributed by atoms with Crippen molar-refractivity contribution in [3.05, 3.63) is 65.7 Å². The summed E-state index contributed by atoms with van der Waals surface area (Å²) in [6.07, 6.45) is 2.82. The van der Waals surface area contributed by atoms with Crippen LogP contribution in [0.15, 0.2) is 54.6 Å². The third-order valence-corrected chi connectivity index (χ3v) is 3.23. The normalized spacial score (nSPS) is 10.9.